The van der Waals surface area contributed by atoms with Crippen molar-refractivity contribution in [2.75, 3.05) is 0 Å². The maximum absolute atomic E-state index is 10.9. The summed E-state index contributed by atoms with van der Waals surface area (Å²) in [6.45, 7) is 0. The van der Waals surface area contributed by atoms with Crippen LogP contribution in [0.5, 0.6) is 5.75 Å². The minimum atomic E-state index is -4.21. The van der Waals surface area contributed by atoms with Crippen LogP contribution in [0.15, 0.2) is 22.7 Å². The van der Waals surface area contributed by atoms with E-state index in [1.807, 2.05) is 0 Å². The van der Waals surface area contributed by atoms with Crippen LogP contribution in [0.3, 0.4) is 0 Å². The molecule has 17 heavy (non-hydrogen) atoms. The molecule has 0 spiro atoms. The molecule has 0 saturated heterocycles. The van der Waals surface area contributed by atoms with Gasteiger partial charge in [0.1, 0.15) is 16.3 Å². The Morgan fingerprint density at radius 2 is 1.94 bits per heavy atom. The van der Waals surface area contributed by atoms with Gasteiger partial charge in [-0.2, -0.15) is 11.7 Å². The molecular formula is C6H4Br2KNO6S. The molecule has 7 nitrogen and oxygen atoms in total. The molecule has 1 aromatic carbocycles. The summed E-state index contributed by atoms with van der Waals surface area (Å²) in [5, 5.41) is 10.4. The van der Waals surface area contributed by atoms with Gasteiger partial charge in [0, 0.05) is 12.1 Å². The number of nitro groups is 1. The first-order valence-corrected chi connectivity index (χ1v) is 6.31. The number of nitro benzene ring substituents is 1. The Morgan fingerprint density at radius 1 is 1.35 bits per heavy atom. The summed E-state index contributed by atoms with van der Waals surface area (Å²) in [7, 11) is -4.21. The second kappa shape index (κ2) is 7.50. The number of nitrogens with zero attached hydrogens (tertiary/aromatic N) is 1. The number of halogens is 2. The number of non-ortho nitro benzene ring substituents is 1. The van der Waals surface area contributed by atoms with Crippen LogP contribution in [-0.2, 0) is 13.7 Å². The first-order chi connectivity index (χ1) is 7.35. The summed E-state index contributed by atoms with van der Waals surface area (Å²) in [6, 6.07) is 3.34. The molecule has 1 aromatic rings. The van der Waals surface area contributed by atoms with Crippen LogP contribution in [0, 0.1) is 10.1 Å². The third-order valence-corrected chi connectivity index (χ3v) is 3.52. The van der Waals surface area contributed by atoms with E-state index >= 15 is 0 Å². The molecule has 0 unspecified atom stereocenters. The Hall–Kier alpha value is 0.926. The van der Waals surface area contributed by atoms with Gasteiger partial charge in [0.25, 0.3) is 5.69 Å². The van der Waals surface area contributed by atoms with Gasteiger partial charge < -0.3 is 4.18 Å². The van der Waals surface area contributed by atoms with Crippen molar-refractivity contribution in [2.45, 2.75) is 0 Å². The zero-order chi connectivity index (χ0) is 12.3. The van der Waals surface area contributed by atoms with Crippen LogP contribution in [0.2, 0.25) is 0 Å². The van der Waals surface area contributed by atoms with Crippen LogP contribution in [-0.4, -0.2) is 64.7 Å². The molecule has 0 saturated carbocycles. The Balaban J connectivity index is 0.00000256. The summed E-state index contributed by atoms with van der Waals surface area (Å²) < 4.78 is 30.2. The second-order valence-corrected chi connectivity index (χ2v) is 5.18. The van der Waals surface area contributed by atoms with Crippen molar-refractivity contribution in [2.24, 2.45) is 0 Å². The fourth-order valence-corrected chi connectivity index (χ4v) is 1.90. The van der Waals surface area contributed by atoms with Gasteiger partial charge >= 0.3 is 61.8 Å². The van der Waals surface area contributed by atoms with Gasteiger partial charge in [-0.1, -0.05) is 0 Å². The molecule has 11 heteroatoms. The van der Waals surface area contributed by atoms with Crippen molar-refractivity contribution >= 4 is 99.7 Å². The van der Waals surface area contributed by atoms with E-state index in [1.165, 1.54) is 0 Å². The second-order valence-electron chi connectivity index (χ2n) is 2.43. The van der Waals surface area contributed by atoms with Crippen molar-refractivity contribution < 1.29 is 20.8 Å². The van der Waals surface area contributed by atoms with Crippen molar-refractivity contribution in [3.8, 4) is 5.75 Å². The van der Waals surface area contributed by atoms with Crippen LogP contribution in [0.4, 0.5) is 5.69 Å². The van der Waals surface area contributed by atoms with E-state index in [0.29, 0.717) is 0 Å². The molecular weight excluding hydrogens is 413 g/mol. The molecule has 0 aliphatic carbocycles. The predicted octanol–water partition coefficient (Wildman–Crippen LogP) is 1.66. The van der Waals surface area contributed by atoms with Crippen molar-refractivity contribution in [3.05, 3.63) is 32.8 Å². The van der Waals surface area contributed by atoms with E-state index in [9.17, 15) is 18.5 Å². The Kier molecular flexibility index (Phi) is 7.91. The number of hydrogen-bond donors (Lipinski definition) is 0. The van der Waals surface area contributed by atoms with E-state index < -0.39 is 15.3 Å². The fraction of sp³-hybridized carbons (Fsp3) is 0. The number of rotatable bonds is 4. The first-order valence-electron chi connectivity index (χ1n) is 3.54. The molecule has 0 atom stereocenters. The minimum absolute atomic E-state index is 0. The Bertz CT molecular complexity index is 521. The summed E-state index contributed by atoms with van der Waals surface area (Å²) in [6.07, 6.45) is 0. The van der Waals surface area contributed by atoms with E-state index in [-0.39, 0.29) is 67.3 Å². The van der Waals surface area contributed by atoms with Crippen LogP contribution >= 0.6 is 32.2 Å². The molecule has 0 aliphatic heterocycles. The van der Waals surface area contributed by atoms with E-state index in [4.69, 9.17) is 0 Å². The molecule has 0 bridgehead atoms. The van der Waals surface area contributed by atoms with Gasteiger partial charge in [0.2, 0.25) is 0 Å². The molecule has 0 amide bonds. The maximum atomic E-state index is 10.9. The zero-order valence-corrected chi connectivity index (χ0v) is 11.3. The van der Waals surface area contributed by atoms with Crippen molar-refractivity contribution in [1.82, 2.24) is 0 Å². The molecule has 0 aromatic heterocycles. The Labute approximate surface area is 156 Å². The normalized spacial score (nSPS) is 10.5. The summed E-state index contributed by atoms with van der Waals surface area (Å²) in [4.78, 5) is 9.78. The summed E-state index contributed by atoms with van der Waals surface area (Å²) in [5.74, 6) is -0.120. The molecule has 0 N–H and O–H groups in total. The van der Waals surface area contributed by atoms with Crippen molar-refractivity contribution in [1.29, 1.82) is 0 Å². The third kappa shape index (κ3) is 5.61. The topological polar surface area (TPSA) is 95.7 Å². The molecule has 0 heterocycles. The zero-order valence-electron chi connectivity index (χ0n) is 7.29. The van der Waals surface area contributed by atoms with Gasteiger partial charge in [-0.3, -0.25) is 10.1 Å². The van der Waals surface area contributed by atoms with E-state index in [1.54, 1.807) is 0 Å². The van der Waals surface area contributed by atoms with Crippen LogP contribution < -0.4 is 4.18 Å². The monoisotopic (exact) mass is 415 g/mol. The predicted molar refractivity (Wildman–Crippen MR) is 67.5 cm³/mol. The first kappa shape index (κ1) is 17.9. The van der Waals surface area contributed by atoms with Crippen molar-refractivity contribution in [3.63, 3.8) is 0 Å². The van der Waals surface area contributed by atoms with Gasteiger partial charge in [-0.25, -0.2) is 0 Å². The average Bonchev–Trinajstić information content (AvgIpc) is 2.20. The number of hydrogen-bond acceptors (Lipinski definition) is 6. The van der Waals surface area contributed by atoms with Crippen LogP contribution in [0.25, 0.3) is 0 Å². The summed E-state index contributed by atoms with van der Waals surface area (Å²) in [5.41, 5.74) is -0.198. The third-order valence-electron chi connectivity index (χ3n) is 1.40. The summed E-state index contributed by atoms with van der Waals surface area (Å²) >= 11 is 5.19. The quantitative estimate of drug-likeness (QED) is 0.420. The standard InChI is InChI=1S/C6H3Br2NO6S.K.H/c7-5-3-4(9(10)11)1-2-6(5)14-16(12,13)15-8;;/h1-3H;;. The Morgan fingerprint density at radius 3 is 2.35 bits per heavy atom. The molecule has 90 valence electrons. The molecule has 0 aliphatic rings. The van der Waals surface area contributed by atoms with Gasteiger partial charge in [0.15, 0.2) is 5.75 Å². The number of benzene rings is 1. The molecule has 1 rings (SSSR count). The van der Waals surface area contributed by atoms with Gasteiger partial charge in [-0.15, -0.1) is 0 Å². The fourth-order valence-electron chi connectivity index (χ4n) is 0.794. The van der Waals surface area contributed by atoms with Gasteiger partial charge in [0.05, 0.1) is 9.40 Å². The van der Waals surface area contributed by atoms with Crippen LogP contribution in [0.1, 0.15) is 0 Å². The van der Waals surface area contributed by atoms with Gasteiger partial charge in [-0.05, 0) is 22.0 Å². The van der Waals surface area contributed by atoms with E-state index in [0.717, 1.165) is 18.2 Å². The molecule has 0 radical (unpaired) electrons. The molecule has 0 fully saturated rings. The average molecular weight is 417 g/mol. The SMILES string of the molecule is O=[N+]([O-])c1ccc(OS(=O)(=O)OBr)c(Br)c1.[KH]. The van der Waals surface area contributed by atoms with E-state index in [2.05, 4.69) is 39.6 Å².